The Kier molecular flexibility index (Phi) is 5.33. The molecule has 0 saturated heterocycles. The highest BCUT2D eigenvalue weighted by molar-refractivity contribution is 5.69. The van der Waals surface area contributed by atoms with Gasteiger partial charge < -0.3 is 14.8 Å². The second-order valence-electron chi connectivity index (χ2n) is 10.6. The minimum Gasteiger partial charge on any atom is -0.496 e. The Morgan fingerprint density at radius 2 is 1.90 bits per heavy atom. The van der Waals surface area contributed by atoms with Gasteiger partial charge in [-0.05, 0) is 87.5 Å². The molecule has 1 amide bonds. The van der Waals surface area contributed by atoms with Crippen LogP contribution in [-0.4, -0.2) is 24.8 Å². The van der Waals surface area contributed by atoms with Gasteiger partial charge in [0.25, 0.3) is 0 Å². The highest BCUT2D eigenvalue weighted by Gasteiger charge is 2.47. The van der Waals surface area contributed by atoms with E-state index in [9.17, 15) is 4.79 Å². The molecule has 160 valence electrons. The maximum Gasteiger partial charge on any atom is 0.407 e. The number of rotatable bonds is 3. The summed E-state index contributed by atoms with van der Waals surface area (Å²) in [6.07, 6.45) is 9.27. The summed E-state index contributed by atoms with van der Waals surface area (Å²) in [7, 11) is 1.79. The Morgan fingerprint density at radius 1 is 1.14 bits per heavy atom. The van der Waals surface area contributed by atoms with Crippen LogP contribution in [0, 0.1) is 5.92 Å². The minimum atomic E-state index is -0.484. The molecular weight excluding hydrogens is 362 g/mol. The average Bonchev–Trinajstić information content (AvgIpc) is 3.46. The summed E-state index contributed by atoms with van der Waals surface area (Å²) in [6, 6.07) is 4.83. The third kappa shape index (κ3) is 4.13. The van der Waals surface area contributed by atoms with E-state index in [1.165, 1.54) is 55.2 Å². The number of hydrogen-bond acceptors (Lipinski definition) is 3. The monoisotopic (exact) mass is 399 g/mol. The molecule has 29 heavy (non-hydrogen) atoms. The number of fused-ring (bicyclic) bond motifs is 4. The fourth-order valence-electron chi connectivity index (χ4n) is 5.67. The zero-order valence-electron chi connectivity index (χ0n) is 18.8. The Hall–Kier alpha value is -1.71. The number of hydrogen-bond donors (Lipinski definition) is 1. The number of carbonyl (C=O) groups is 1. The van der Waals surface area contributed by atoms with E-state index in [4.69, 9.17) is 9.47 Å². The van der Waals surface area contributed by atoms with E-state index in [1.54, 1.807) is 7.11 Å². The van der Waals surface area contributed by atoms with Gasteiger partial charge in [-0.15, -0.1) is 0 Å². The van der Waals surface area contributed by atoms with Crippen LogP contribution in [0.2, 0.25) is 0 Å². The Balaban J connectivity index is 1.73. The van der Waals surface area contributed by atoms with Crippen molar-refractivity contribution < 1.29 is 14.3 Å². The number of carbonyl (C=O) groups excluding carboxylic acids is 1. The molecule has 1 aromatic carbocycles. The zero-order chi connectivity index (χ0) is 20.8. The first-order valence-corrected chi connectivity index (χ1v) is 11.4. The maximum absolute atomic E-state index is 12.7. The third-order valence-corrected chi connectivity index (χ3v) is 7.17. The Morgan fingerprint density at radius 3 is 2.55 bits per heavy atom. The van der Waals surface area contributed by atoms with Crippen molar-refractivity contribution in [1.29, 1.82) is 0 Å². The molecule has 3 aliphatic carbocycles. The van der Waals surface area contributed by atoms with Gasteiger partial charge in [0.05, 0.1) is 7.11 Å². The Bertz CT molecular complexity index is 777. The van der Waals surface area contributed by atoms with Crippen molar-refractivity contribution in [2.75, 3.05) is 7.11 Å². The van der Waals surface area contributed by atoms with Crippen molar-refractivity contribution in [2.24, 2.45) is 5.92 Å². The molecule has 0 radical (unpaired) electrons. The molecule has 4 nitrogen and oxygen atoms in total. The third-order valence-electron chi connectivity index (χ3n) is 7.17. The van der Waals surface area contributed by atoms with Crippen molar-refractivity contribution in [3.63, 3.8) is 0 Å². The van der Waals surface area contributed by atoms with Crippen molar-refractivity contribution in [1.82, 2.24) is 5.32 Å². The summed E-state index contributed by atoms with van der Waals surface area (Å²) >= 11 is 0. The first-order chi connectivity index (χ1) is 13.7. The van der Waals surface area contributed by atoms with Crippen LogP contribution < -0.4 is 10.1 Å². The van der Waals surface area contributed by atoms with Crippen LogP contribution in [0.15, 0.2) is 12.1 Å². The summed E-state index contributed by atoms with van der Waals surface area (Å²) in [5, 5.41) is 3.31. The van der Waals surface area contributed by atoms with Gasteiger partial charge in [-0.2, -0.15) is 0 Å². The van der Waals surface area contributed by atoms with Gasteiger partial charge in [0, 0.05) is 11.5 Å². The number of ether oxygens (including phenoxy) is 2. The van der Waals surface area contributed by atoms with Crippen molar-refractivity contribution in [3.05, 3.63) is 28.8 Å². The smallest absolute Gasteiger partial charge is 0.407 e. The van der Waals surface area contributed by atoms with Crippen molar-refractivity contribution in [2.45, 2.75) is 102 Å². The van der Waals surface area contributed by atoms with E-state index in [0.29, 0.717) is 11.8 Å². The number of nitrogens with one attached hydrogen (secondary N) is 1. The molecule has 1 aromatic rings. The molecule has 2 saturated carbocycles. The van der Waals surface area contributed by atoms with Crippen LogP contribution >= 0.6 is 0 Å². The van der Waals surface area contributed by atoms with E-state index in [2.05, 4.69) is 24.4 Å². The molecule has 1 N–H and O–H groups in total. The largest absolute Gasteiger partial charge is 0.496 e. The standard InChI is InChI=1S/C25H37NO3/c1-24(2,3)29-23(27)26-22-17-9-7-6-8-12-25(22,4)20-15-21(28-5)19(16-10-11-16)14-18(20)13-17/h14-17,22H,6-13H2,1-5H3,(H,26,27). The first kappa shape index (κ1) is 20.6. The first-order valence-electron chi connectivity index (χ1n) is 11.4. The molecule has 4 rings (SSSR count). The number of benzene rings is 1. The normalized spacial score (nSPS) is 29.3. The molecule has 3 unspecified atom stereocenters. The molecule has 2 bridgehead atoms. The van der Waals surface area contributed by atoms with Gasteiger partial charge in [-0.3, -0.25) is 0 Å². The lowest BCUT2D eigenvalue weighted by atomic mass is 9.59. The van der Waals surface area contributed by atoms with Gasteiger partial charge >= 0.3 is 6.09 Å². The Labute approximate surface area is 175 Å². The number of methoxy groups -OCH3 is 1. The lowest BCUT2D eigenvalue weighted by molar-refractivity contribution is 0.0417. The summed E-state index contributed by atoms with van der Waals surface area (Å²) < 4.78 is 11.5. The molecule has 0 aromatic heterocycles. The van der Waals surface area contributed by atoms with E-state index in [-0.39, 0.29) is 17.6 Å². The van der Waals surface area contributed by atoms with Gasteiger partial charge in [0.2, 0.25) is 0 Å². The summed E-state index contributed by atoms with van der Waals surface area (Å²) in [5.41, 5.74) is 3.66. The van der Waals surface area contributed by atoms with E-state index in [0.717, 1.165) is 18.6 Å². The van der Waals surface area contributed by atoms with Crippen molar-refractivity contribution >= 4 is 6.09 Å². The second kappa shape index (κ2) is 7.52. The summed E-state index contributed by atoms with van der Waals surface area (Å²) in [6.45, 7) is 8.12. The van der Waals surface area contributed by atoms with Gasteiger partial charge in [-0.25, -0.2) is 4.79 Å². The maximum atomic E-state index is 12.7. The molecule has 3 aliphatic rings. The highest BCUT2D eigenvalue weighted by Crippen LogP contribution is 2.51. The number of alkyl carbamates (subject to hydrolysis) is 1. The molecule has 4 heteroatoms. The predicted octanol–water partition coefficient (Wildman–Crippen LogP) is 5.86. The van der Waals surface area contributed by atoms with Crippen LogP contribution in [0.5, 0.6) is 5.75 Å². The van der Waals surface area contributed by atoms with E-state index < -0.39 is 5.60 Å². The molecular formula is C25H37NO3. The second-order valence-corrected chi connectivity index (χ2v) is 10.6. The molecule has 0 heterocycles. The van der Waals surface area contributed by atoms with Crippen LogP contribution in [0.1, 0.15) is 95.2 Å². The topological polar surface area (TPSA) is 47.6 Å². The van der Waals surface area contributed by atoms with E-state index in [1.807, 2.05) is 20.8 Å². The van der Waals surface area contributed by atoms with Gasteiger partial charge in [0.1, 0.15) is 11.4 Å². The fourth-order valence-corrected chi connectivity index (χ4v) is 5.67. The van der Waals surface area contributed by atoms with Crippen LogP contribution in [-0.2, 0) is 16.6 Å². The van der Waals surface area contributed by atoms with Crippen LogP contribution in [0.4, 0.5) is 4.79 Å². The van der Waals surface area contributed by atoms with Crippen LogP contribution in [0.3, 0.4) is 0 Å². The number of amides is 1. The molecule has 0 aliphatic heterocycles. The quantitative estimate of drug-likeness (QED) is 0.692. The zero-order valence-corrected chi connectivity index (χ0v) is 18.8. The lowest BCUT2D eigenvalue weighted by Gasteiger charge is -2.49. The van der Waals surface area contributed by atoms with Gasteiger partial charge in [0.15, 0.2) is 0 Å². The molecule has 2 fully saturated rings. The van der Waals surface area contributed by atoms with Crippen LogP contribution in [0.25, 0.3) is 0 Å². The highest BCUT2D eigenvalue weighted by atomic mass is 16.6. The van der Waals surface area contributed by atoms with E-state index >= 15 is 0 Å². The summed E-state index contributed by atoms with van der Waals surface area (Å²) in [5.74, 6) is 2.16. The van der Waals surface area contributed by atoms with Crippen molar-refractivity contribution in [3.8, 4) is 5.75 Å². The summed E-state index contributed by atoms with van der Waals surface area (Å²) in [4.78, 5) is 12.7. The average molecular weight is 400 g/mol. The molecule has 0 spiro atoms. The minimum absolute atomic E-state index is 0.0923. The van der Waals surface area contributed by atoms with Gasteiger partial charge in [-0.1, -0.05) is 32.3 Å². The SMILES string of the molecule is COc1cc2c(cc1C1CC1)CC1CCCCCC2(C)C1NC(=O)OC(C)(C)C. The fraction of sp³-hybridized carbons (Fsp3) is 0.720. The molecule has 3 atom stereocenters. The predicted molar refractivity (Wildman–Crippen MR) is 116 cm³/mol. The lowest BCUT2D eigenvalue weighted by Crippen LogP contribution is -2.57.